The SMILES string of the molecule is COC[C@H](C)NC(O)c1ccc2c(c1)[C@]1(CCO2)C[C@H]1C(=O)Nc1cc(C#N)ccc1CCCC(=O)O. The van der Waals surface area contributed by atoms with Crippen molar-refractivity contribution in [3.8, 4) is 11.8 Å². The van der Waals surface area contributed by atoms with Crippen molar-refractivity contribution in [2.75, 3.05) is 25.6 Å². The van der Waals surface area contributed by atoms with E-state index in [1.807, 2.05) is 25.1 Å². The second kappa shape index (κ2) is 11.3. The number of carboxylic acids is 1. The number of fused-ring (bicyclic) bond motifs is 2. The van der Waals surface area contributed by atoms with E-state index in [-0.39, 0.29) is 29.7 Å². The lowest BCUT2D eigenvalue weighted by molar-refractivity contribution is -0.137. The van der Waals surface area contributed by atoms with Crippen molar-refractivity contribution < 1.29 is 29.3 Å². The number of aliphatic hydroxyl groups is 1. The van der Waals surface area contributed by atoms with Crippen molar-refractivity contribution in [2.45, 2.75) is 56.7 Å². The van der Waals surface area contributed by atoms with Crippen molar-refractivity contribution in [3.05, 3.63) is 58.7 Å². The largest absolute Gasteiger partial charge is 0.493 e. The molecular formula is C28H33N3O6. The van der Waals surface area contributed by atoms with E-state index in [4.69, 9.17) is 14.6 Å². The van der Waals surface area contributed by atoms with Gasteiger partial charge < -0.3 is 25.0 Å². The van der Waals surface area contributed by atoms with Gasteiger partial charge in [0.25, 0.3) is 0 Å². The summed E-state index contributed by atoms with van der Waals surface area (Å²) in [6.45, 7) is 2.89. The molecule has 1 fully saturated rings. The summed E-state index contributed by atoms with van der Waals surface area (Å²) in [5.74, 6) is -0.561. The zero-order valence-corrected chi connectivity index (χ0v) is 21.1. The number of ether oxygens (including phenoxy) is 2. The van der Waals surface area contributed by atoms with Gasteiger partial charge in [-0.05, 0) is 68.0 Å². The number of carboxylic acid groups (broad SMARTS) is 1. The maximum Gasteiger partial charge on any atom is 0.303 e. The molecule has 2 aromatic rings. The molecule has 2 aromatic carbocycles. The second-order valence-corrected chi connectivity index (χ2v) is 9.91. The van der Waals surface area contributed by atoms with E-state index in [0.29, 0.717) is 55.7 Å². The summed E-state index contributed by atoms with van der Waals surface area (Å²) in [6, 6.07) is 12.7. The lowest BCUT2D eigenvalue weighted by Gasteiger charge is -2.28. The monoisotopic (exact) mass is 507 g/mol. The third-order valence-electron chi connectivity index (χ3n) is 7.25. The second-order valence-electron chi connectivity index (χ2n) is 9.91. The molecule has 4 N–H and O–H groups in total. The predicted molar refractivity (Wildman–Crippen MR) is 136 cm³/mol. The molecule has 0 aromatic heterocycles. The van der Waals surface area contributed by atoms with Gasteiger partial charge in [-0.25, -0.2) is 0 Å². The maximum absolute atomic E-state index is 13.4. The average Bonchev–Trinajstić information content (AvgIpc) is 3.59. The van der Waals surface area contributed by atoms with Crippen molar-refractivity contribution in [2.24, 2.45) is 5.92 Å². The minimum Gasteiger partial charge on any atom is -0.493 e. The highest BCUT2D eigenvalue weighted by Crippen LogP contribution is 2.61. The van der Waals surface area contributed by atoms with Crippen LogP contribution in [0.2, 0.25) is 0 Å². The number of aliphatic carboxylic acids is 1. The number of carbonyl (C=O) groups is 2. The van der Waals surface area contributed by atoms with Crippen LogP contribution in [0.25, 0.3) is 0 Å². The first-order valence-electron chi connectivity index (χ1n) is 12.5. The molecule has 0 bridgehead atoms. The summed E-state index contributed by atoms with van der Waals surface area (Å²) < 4.78 is 11.0. The van der Waals surface area contributed by atoms with E-state index in [1.165, 1.54) is 0 Å². The van der Waals surface area contributed by atoms with Crippen LogP contribution in [-0.4, -0.2) is 48.5 Å². The van der Waals surface area contributed by atoms with Gasteiger partial charge >= 0.3 is 5.97 Å². The summed E-state index contributed by atoms with van der Waals surface area (Å²) in [6.07, 6.45) is 1.41. The number of nitrogens with one attached hydrogen (secondary N) is 2. The Hall–Kier alpha value is -3.45. The molecule has 37 heavy (non-hydrogen) atoms. The van der Waals surface area contributed by atoms with Crippen LogP contribution in [0.4, 0.5) is 5.69 Å². The number of hydrogen-bond donors (Lipinski definition) is 4. The summed E-state index contributed by atoms with van der Waals surface area (Å²) in [5, 5.41) is 35.1. The Morgan fingerprint density at radius 1 is 1.30 bits per heavy atom. The molecule has 1 spiro atoms. The van der Waals surface area contributed by atoms with Crippen LogP contribution in [0.1, 0.15) is 61.1 Å². The minimum absolute atomic E-state index is 0.0309. The van der Waals surface area contributed by atoms with Crippen molar-refractivity contribution >= 4 is 17.6 Å². The lowest BCUT2D eigenvalue weighted by atomic mass is 9.86. The Labute approximate surface area is 216 Å². The number of amides is 1. The Morgan fingerprint density at radius 3 is 2.84 bits per heavy atom. The van der Waals surface area contributed by atoms with Crippen LogP contribution in [0, 0.1) is 17.2 Å². The van der Waals surface area contributed by atoms with E-state index in [2.05, 4.69) is 16.7 Å². The molecule has 1 amide bonds. The molecule has 1 unspecified atom stereocenters. The Balaban J connectivity index is 1.52. The number of aryl methyl sites for hydroxylation is 1. The normalized spacial score (nSPS) is 21.3. The van der Waals surface area contributed by atoms with Gasteiger partial charge in [0.2, 0.25) is 5.91 Å². The average molecular weight is 508 g/mol. The Kier molecular flexibility index (Phi) is 8.13. The molecule has 196 valence electrons. The molecule has 1 heterocycles. The number of aliphatic hydroxyl groups excluding tert-OH is 1. The molecule has 1 aliphatic carbocycles. The van der Waals surface area contributed by atoms with Crippen molar-refractivity contribution in [1.82, 2.24) is 5.32 Å². The number of anilines is 1. The molecular weight excluding hydrogens is 474 g/mol. The van der Waals surface area contributed by atoms with E-state index in [1.54, 1.807) is 25.3 Å². The van der Waals surface area contributed by atoms with Crippen LogP contribution in [0.3, 0.4) is 0 Å². The summed E-state index contributed by atoms with van der Waals surface area (Å²) >= 11 is 0. The number of benzene rings is 2. The predicted octanol–water partition coefficient (Wildman–Crippen LogP) is 3.26. The lowest BCUT2D eigenvalue weighted by Crippen LogP contribution is -2.34. The Bertz CT molecular complexity index is 1210. The molecule has 4 rings (SSSR count). The number of nitrogens with zero attached hydrogens (tertiary/aromatic N) is 1. The van der Waals surface area contributed by atoms with Crippen LogP contribution < -0.4 is 15.4 Å². The van der Waals surface area contributed by atoms with Gasteiger partial charge in [-0.2, -0.15) is 5.26 Å². The van der Waals surface area contributed by atoms with E-state index >= 15 is 0 Å². The molecule has 2 aliphatic rings. The van der Waals surface area contributed by atoms with Gasteiger partial charge in [-0.15, -0.1) is 0 Å². The summed E-state index contributed by atoms with van der Waals surface area (Å²) in [5.41, 5.74) is 3.01. The third kappa shape index (κ3) is 5.93. The summed E-state index contributed by atoms with van der Waals surface area (Å²) in [4.78, 5) is 24.3. The van der Waals surface area contributed by atoms with Crippen LogP contribution >= 0.6 is 0 Å². The first kappa shape index (κ1) is 26.6. The fourth-order valence-electron chi connectivity index (χ4n) is 5.23. The topological polar surface area (TPSA) is 141 Å². The van der Waals surface area contributed by atoms with Gasteiger partial charge in [-0.3, -0.25) is 14.9 Å². The Morgan fingerprint density at radius 2 is 2.11 bits per heavy atom. The standard InChI is InChI=1S/C28H33N3O6/c1-17(16-36-2)30-26(34)20-8-9-24-21(13-20)28(10-11-37-24)14-22(28)27(35)31-23-12-18(15-29)6-7-19(23)4-3-5-25(32)33/h6-9,12-13,17,22,26,30,34H,3-5,10-11,14,16H2,1-2H3,(H,31,35)(H,32,33)/t17-,22-,26?,28-/m0/s1. The van der Waals surface area contributed by atoms with E-state index in [9.17, 15) is 20.0 Å². The number of methoxy groups -OCH3 is 1. The number of carbonyl (C=O) groups excluding carboxylic acids is 1. The number of rotatable bonds is 11. The van der Waals surface area contributed by atoms with Crippen molar-refractivity contribution in [1.29, 1.82) is 5.26 Å². The summed E-state index contributed by atoms with van der Waals surface area (Å²) in [7, 11) is 1.61. The first-order valence-corrected chi connectivity index (χ1v) is 12.5. The van der Waals surface area contributed by atoms with Crippen LogP contribution in [-0.2, 0) is 26.2 Å². The molecule has 0 saturated heterocycles. The highest BCUT2D eigenvalue weighted by atomic mass is 16.5. The maximum atomic E-state index is 13.4. The highest BCUT2D eigenvalue weighted by molar-refractivity contribution is 5.97. The van der Waals surface area contributed by atoms with Gasteiger partial charge in [0.15, 0.2) is 0 Å². The van der Waals surface area contributed by atoms with Crippen LogP contribution in [0.5, 0.6) is 5.75 Å². The zero-order chi connectivity index (χ0) is 26.6. The minimum atomic E-state index is -0.887. The van der Waals surface area contributed by atoms with E-state index in [0.717, 1.165) is 16.9 Å². The quantitative estimate of drug-likeness (QED) is 0.340. The van der Waals surface area contributed by atoms with Gasteiger partial charge in [0, 0.05) is 42.2 Å². The molecule has 9 nitrogen and oxygen atoms in total. The fourth-order valence-corrected chi connectivity index (χ4v) is 5.23. The highest BCUT2D eigenvalue weighted by Gasteiger charge is 2.61. The first-order chi connectivity index (χ1) is 17.8. The van der Waals surface area contributed by atoms with Crippen LogP contribution in [0.15, 0.2) is 36.4 Å². The van der Waals surface area contributed by atoms with Gasteiger partial charge in [0.05, 0.1) is 24.8 Å². The molecule has 9 heteroatoms. The molecule has 1 aliphatic heterocycles. The zero-order valence-electron chi connectivity index (χ0n) is 21.1. The molecule has 0 radical (unpaired) electrons. The van der Waals surface area contributed by atoms with Crippen molar-refractivity contribution in [3.63, 3.8) is 0 Å². The van der Waals surface area contributed by atoms with Gasteiger partial charge in [-0.1, -0.05) is 12.1 Å². The third-order valence-corrected chi connectivity index (χ3v) is 7.25. The van der Waals surface area contributed by atoms with Gasteiger partial charge in [0.1, 0.15) is 12.0 Å². The number of hydrogen-bond acceptors (Lipinski definition) is 7. The van der Waals surface area contributed by atoms with E-state index < -0.39 is 12.2 Å². The number of nitriles is 1. The molecule has 1 saturated carbocycles. The molecule has 4 atom stereocenters. The fraction of sp³-hybridized carbons (Fsp3) is 0.464. The smallest absolute Gasteiger partial charge is 0.303 e.